The van der Waals surface area contributed by atoms with Crippen molar-refractivity contribution in [3.05, 3.63) is 11.8 Å². The molecule has 1 aliphatic rings. The molecule has 0 spiro atoms. The summed E-state index contributed by atoms with van der Waals surface area (Å²) in [5, 5.41) is 9.43. The molecule has 1 unspecified atom stereocenters. The fourth-order valence-electron chi connectivity index (χ4n) is 1.84. The van der Waals surface area contributed by atoms with Gasteiger partial charge in [0, 0.05) is 18.2 Å². The van der Waals surface area contributed by atoms with E-state index >= 15 is 0 Å². The molecule has 0 amide bonds. The summed E-state index contributed by atoms with van der Waals surface area (Å²) in [6.45, 7) is 2.38. The summed E-state index contributed by atoms with van der Waals surface area (Å²) in [6, 6.07) is -0.00858. The minimum absolute atomic E-state index is 0.00858. The Balaban J connectivity index is 2.15. The third-order valence-corrected chi connectivity index (χ3v) is 4.56. The number of rotatable bonds is 6. The molecule has 1 saturated carbocycles. The van der Waals surface area contributed by atoms with Crippen LogP contribution in [0, 0.1) is 5.92 Å². The molecule has 6 nitrogen and oxygen atoms in total. The Morgan fingerprint density at radius 2 is 2.29 bits per heavy atom. The second-order valence-electron chi connectivity index (χ2n) is 4.50. The van der Waals surface area contributed by atoms with Gasteiger partial charge in [-0.05, 0) is 32.7 Å². The van der Waals surface area contributed by atoms with Crippen molar-refractivity contribution < 1.29 is 8.42 Å². The highest BCUT2D eigenvalue weighted by molar-refractivity contribution is 7.89. The number of aromatic nitrogens is 2. The first kappa shape index (κ1) is 12.5. The van der Waals surface area contributed by atoms with Crippen LogP contribution in [0.3, 0.4) is 0 Å². The molecule has 7 heteroatoms. The Bertz CT molecular complexity index is 478. The van der Waals surface area contributed by atoms with Gasteiger partial charge in [0.05, 0.1) is 6.20 Å². The molecular weight excluding hydrogens is 240 g/mol. The maximum absolute atomic E-state index is 12.1. The fourth-order valence-corrected chi connectivity index (χ4v) is 3.29. The number of hydrogen-bond acceptors (Lipinski definition) is 4. The van der Waals surface area contributed by atoms with Gasteiger partial charge in [-0.25, -0.2) is 13.1 Å². The Morgan fingerprint density at radius 3 is 2.88 bits per heavy atom. The SMILES string of the molecule is CNCc1cn[nH]c1S(=O)(=O)NC(C)C1CC1. The van der Waals surface area contributed by atoms with Crippen LogP contribution < -0.4 is 10.0 Å². The van der Waals surface area contributed by atoms with Crippen LogP contribution in [0.25, 0.3) is 0 Å². The summed E-state index contributed by atoms with van der Waals surface area (Å²) in [7, 11) is -1.71. The minimum Gasteiger partial charge on any atom is -0.316 e. The predicted molar refractivity (Wildman–Crippen MR) is 63.9 cm³/mol. The normalized spacial score (nSPS) is 18.2. The molecule has 0 radical (unpaired) electrons. The summed E-state index contributed by atoms with van der Waals surface area (Å²) >= 11 is 0. The molecule has 2 rings (SSSR count). The summed E-state index contributed by atoms with van der Waals surface area (Å²) in [6.07, 6.45) is 3.75. The van der Waals surface area contributed by atoms with Crippen LogP contribution >= 0.6 is 0 Å². The average molecular weight is 258 g/mol. The van der Waals surface area contributed by atoms with Crippen LogP contribution in [0.5, 0.6) is 0 Å². The molecule has 1 atom stereocenters. The molecule has 17 heavy (non-hydrogen) atoms. The third-order valence-electron chi connectivity index (χ3n) is 2.98. The molecule has 3 N–H and O–H groups in total. The molecule has 96 valence electrons. The molecule has 1 heterocycles. The Morgan fingerprint density at radius 1 is 1.59 bits per heavy atom. The van der Waals surface area contributed by atoms with Gasteiger partial charge in [0.1, 0.15) is 0 Å². The highest BCUT2D eigenvalue weighted by atomic mass is 32.2. The van der Waals surface area contributed by atoms with Crippen LogP contribution in [0.1, 0.15) is 25.3 Å². The Labute approximate surface area is 101 Å². The van der Waals surface area contributed by atoms with Crippen molar-refractivity contribution in [2.75, 3.05) is 7.05 Å². The quantitative estimate of drug-likeness (QED) is 0.680. The van der Waals surface area contributed by atoms with Crippen molar-refractivity contribution in [1.82, 2.24) is 20.2 Å². The monoisotopic (exact) mass is 258 g/mol. The van der Waals surface area contributed by atoms with E-state index in [1.54, 1.807) is 7.05 Å². The van der Waals surface area contributed by atoms with E-state index in [4.69, 9.17) is 0 Å². The van der Waals surface area contributed by atoms with E-state index < -0.39 is 10.0 Å². The van der Waals surface area contributed by atoms with Gasteiger partial charge >= 0.3 is 0 Å². The molecule has 1 aromatic rings. The molecule has 0 saturated heterocycles. The van der Waals surface area contributed by atoms with E-state index in [-0.39, 0.29) is 11.1 Å². The number of nitrogens with zero attached hydrogens (tertiary/aromatic N) is 1. The van der Waals surface area contributed by atoms with Crippen LogP contribution in [0.2, 0.25) is 0 Å². The van der Waals surface area contributed by atoms with Gasteiger partial charge in [-0.15, -0.1) is 0 Å². The van der Waals surface area contributed by atoms with E-state index in [9.17, 15) is 8.42 Å². The van der Waals surface area contributed by atoms with E-state index in [0.29, 0.717) is 18.0 Å². The summed E-state index contributed by atoms with van der Waals surface area (Å²) < 4.78 is 26.9. The molecule has 1 fully saturated rings. The lowest BCUT2D eigenvalue weighted by atomic mass is 10.2. The van der Waals surface area contributed by atoms with E-state index in [2.05, 4.69) is 20.2 Å². The van der Waals surface area contributed by atoms with Crippen molar-refractivity contribution in [2.45, 2.75) is 37.4 Å². The van der Waals surface area contributed by atoms with Crippen molar-refractivity contribution >= 4 is 10.0 Å². The van der Waals surface area contributed by atoms with Gasteiger partial charge in [-0.2, -0.15) is 5.10 Å². The van der Waals surface area contributed by atoms with Gasteiger partial charge in [-0.3, -0.25) is 5.10 Å². The smallest absolute Gasteiger partial charge is 0.258 e. The standard InChI is InChI=1S/C10H18N4O2S/c1-7(8-3-4-8)14-17(15,16)10-9(5-11-2)6-12-13-10/h6-8,11,14H,3-5H2,1-2H3,(H,12,13). The predicted octanol–water partition coefficient (Wildman–Crippen LogP) is 0.206. The number of aromatic amines is 1. The first-order valence-corrected chi connectivity index (χ1v) is 7.22. The number of hydrogen-bond donors (Lipinski definition) is 3. The molecule has 1 aliphatic carbocycles. The fraction of sp³-hybridized carbons (Fsp3) is 0.700. The maximum atomic E-state index is 12.1. The second kappa shape index (κ2) is 4.75. The molecule has 0 aromatic carbocycles. The second-order valence-corrected chi connectivity index (χ2v) is 6.15. The van der Waals surface area contributed by atoms with Gasteiger partial charge in [0.25, 0.3) is 10.0 Å². The highest BCUT2D eigenvalue weighted by Gasteiger charge is 2.32. The number of sulfonamides is 1. The van der Waals surface area contributed by atoms with Gasteiger partial charge in [0.15, 0.2) is 5.03 Å². The van der Waals surface area contributed by atoms with Crippen molar-refractivity contribution in [1.29, 1.82) is 0 Å². The Hall–Kier alpha value is -0.920. The zero-order valence-corrected chi connectivity index (χ0v) is 10.8. The molecule has 0 aliphatic heterocycles. The van der Waals surface area contributed by atoms with Gasteiger partial charge < -0.3 is 5.32 Å². The van der Waals surface area contributed by atoms with Crippen molar-refractivity contribution in [2.24, 2.45) is 5.92 Å². The molecule has 0 bridgehead atoms. The first-order chi connectivity index (χ1) is 8.04. The van der Waals surface area contributed by atoms with Crippen molar-refractivity contribution in [3.63, 3.8) is 0 Å². The highest BCUT2D eigenvalue weighted by Crippen LogP contribution is 2.33. The van der Waals surface area contributed by atoms with Crippen LogP contribution in [0.15, 0.2) is 11.2 Å². The molecular formula is C10H18N4O2S. The van der Waals surface area contributed by atoms with E-state index in [0.717, 1.165) is 12.8 Å². The summed E-state index contributed by atoms with van der Waals surface area (Å²) in [5.41, 5.74) is 0.656. The summed E-state index contributed by atoms with van der Waals surface area (Å²) in [4.78, 5) is 0. The lowest BCUT2D eigenvalue weighted by Crippen LogP contribution is -2.34. The minimum atomic E-state index is -3.48. The maximum Gasteiger partial charge on any atom is 0.258 e. The van der Waals surface area contributed by atoms with Gasteiger partial charge in [-0.1, -0.05) is 0 Å². The third kappa shape index (κ3) is 2.85. The number of nitrogens with one attached hydrogen (secondary N) is 3. The topological polar surface area (TPSA) is 86.9 Å². The van der Waals surface area contributed by atoms with Crippen LogP contribution in [0.4, 0.5) is 0 Å². The first-order valence-electron chi connectivity index (χ1n) is 5.74. The summed E-state index contributed by atoms with van der Waals surface area (Å²) in [5.74, 6) is 0.487. The average Bonchev–Trinajstić information content (AvgIpc) is 2.99. The zero-order valence-electron chi connectivity index (χ0n) is 10.0. The largest absolute Gasteiger partial charge is 0.316 e. The van der Waals surface area contributed by atoms with E-state index in [1.165, 1.54) is 6.20 Å². The van der Waals surface area contributed by atoms with Gasteiger partial charge in [0.2, 0.25) is 0 Å². The lowest BCUT2D eigenvalue weighted by molar-refractivity contribution is 0.533. The molecule has 1 aromatic heterocycles. The van der Waals surface area contributed by atoms with E-state index in [1.807, 2.05) is 6.92 Å². The zero-order chi connectivity index (χ0) is 12.5. The lowest BCUT2D eigenvalue weighted by Gasteiger charge is -2.13. The Kier molecular flexibility index (Phi) is 3.50. The van der Waals surface area contributed by atoms with Crippen molar-refractivity contribution in [3.8, 4) is 0 Å². The number of H-pyrrole nitrogens is 1. The van der Waals surface area contributed by atoms with Crippen LogP contribution in [-0.2, 0) is 16.6 Å². The van der Waals surface area contributed by atoms with Crippen LogP contribution in [-0.4, -0.2) is 31.7 Å².